The third kappa shape index (κ3) is 8.61. The van der Waals surface area contributed by atoms with Crippen LogP contribution in [0.25, 0.3) is 0 Å². The molecule has 2 fully saturated rings. The molecule has 15 heteroatoms. The summed E-state index contributed by atoms with van der Waals surface area (Å²) in [7, 11) is 3.09. The van der Waals surface area contributed by atoms with E-state index in [4.69, 9.17) is 9.47 Å². The Morgan fingerprint density at radius 1 is 0.800 bits per heavy atom. The van der Waals surface area contributed by atoms with Crippen molar-refractivity contribution in [2.75, 3.05) is 33.8 Å². The number of rotatable bonds is 11. The van der Waals surface area contributed by atoms with E-state index in [0.717, 1.165) is 4.90 Å². The van der Waals surface area contributed by atoms with Gasteiger partial charge in [0.15, 0.2) is 6.29 Å². The molecular formula is C30H44N4O11. The monoisotopic (exact) mass is 636 g/mol. The Kier molecular flexibility index (Phi) is 12.9. The Hall–Kier alpha value is -3.50. The Labute approximate surface area is 261 Å². The van der Waals surface area contributed by atoms with E-state index in [2.05, 4.69) is 10.6 Å². The molecule has 45 heavy (non-hydrogen) atoms. The Balaban J connectivity index is 0.000000330. The van der Waals surface area contributed by atoms with Crippen LogP contribution in [0, 0.1) is 23.7 Å². The lowest BCUT2D eigenvalue weighted by Gasteiger charge is -2.40. The number of fused-ring (bicyclic) bond motifs is 1. The van der Waals surface area contributed by atoms with E-state index in [1.54, 1.807) is 14.0 Å². The number of aliphatic hydroxyl groups excluding tert-OH is 3. The van der Waals surface area contributed by atoms with Crippen molar-refractivity contribution in [3.8, 4) is 0 Å². The van der Waals surface area contributed by atoms with E-state index in [1.165, 1.54) is 24.1 Å². The number of hydrogen-bond acceptors (Lipinski definition) is 11. The summed E-state index contributed by atoms with van der Waals surface area (Å²) in [6.07, 6.45) is 1.68. The molecule has 0 radical (unpaired) electrons. The number of carbonyl (C=O) groups excluding carboxylic acids is 6. The van der Waals surface area contributed by atoms with Gasteiger partial charge in [-0.2, -0.15) is 0 Å². The first-order chi connectivity index (χ1) is 21.3. The predicted octanol–water partition coefficient (Wildman–Crippen LogP) is -1.78. The molecule has 0 aromatic rings. The van der Waals surface area contributed by atoms with E-state index in [0.29, 0.717) is 25.8 Å². The molecule has 0 spiro atoms. The minimum atomic E-state index is -1.43. The highest BCUT2D eigenvalue weighted by Crippen LogP contribution is 2.42. The summed E-state index contributed by atoms with van der Waals surface area (Å²) < 4.78 is 11.1. The summed E-state index contributed by atoms with van der Waals surface area (Å²) in [5.41, 5.74) is 0. The highest BCUT2D eigenvalue weighted by molar-refractivity contribution is 6.12. The number of aliphatic hydroxyl groups is 3. The molecule has 0 bridgehead atoms. The van der Waals surface area contributed by atoms with Gasteiger partial charge in [0.25, 0.3) is 11.8 Å². The first-order valence-corrected chi connectivity index (χ1v) is 15.1. The first kappa shape index (κ1) is 36.0. The lowest BCUT2D eigenvalue weighted by molar-refractivity contribution is -0.295. The summed E-state index contributed by atoms with van der Waals surface area (Å²) in [5, 5.41) is 34.9. The average Bonchev–Trinajstić information content (AvgIpc) is 3.48. The van der Waals surface area contributed by atoms with Crippen molar-refractivity contribution >= 4 is 35.4 Å². The topological polar surface area (TPSA) is 212 Å². The molecule has 0 aromatic carbocycles. The molecule has 9 atom stereocenters. The van der Waals surface area contributed by atoms with E-state index < -0.39 is 48.5 Å². The van der Waals surface area contributed by atoms with Gasteiger partial charge in [0.05, 0.1) is 24.5 Å². The van der Waals surface area contributed by atoms with E-state index in [9.17, 15) is 44.1 Å². The normalized spacial score (nSPS) is 32.4. The maximum atomic E-state index is 13.1. The van der Waals surface area contributed by atoms with Crippen LogP contribution in [-0.4, -0.2) is 125 Å². The zero-order valence-corrected chi connectivity index (χ0v) is 26.0. The summed E-state index contributed by atoms with van der Waals surface area (Å²) >= 11 is 0. The number of amides is 6. The van der Waals surface area contributed by atoms with Gasteiger partial charge in [0.2, 0.25) is 23.6 Å². The van der Waals surface area contributed by atoms with Crippen LogP contribution in [0.3, 0.4) is 0 Å². The van der Waals surface area contributed by atoms with Crippen molar-refractivity contribution in [3.63, 3.8) is 0 Å². The second kappa shape index (κ2) is 16.2. The zero-order chi connectivity index (χ0) is 33.4. The first-order valence-electron chi connectivity index (χ1n) is 15.1. The molecule has 7 unspecified atom stereocenters. The minimum absolute atomic E-state index is 0.00670. The largest absolute Gasteiger partial charge is 0.388 e. The smallest absolute Gasteiger partial charge is 0.253 e. The van der Waals surface area contributed by atoms with Crippen molar-refractivity contribution in [3.05, 3.63) is 24.3 Å². The molecule has 5 N–H and O–H groups in total. The van der Waals surface area contributed by atoms with Gasteiger partial charge < -0.3 is 35.4 Å². The molecule has 3 heterocycles. The number of imide groups is 2. The van der Waals surface area contributed by atoms with Gasteiger partial charge in [-0.1, -0.05) is 19.1 Å². The number of nitrogens with one attached hydrogen (secondary N) is 2. The fourth-order valence-corrected chi connectivity index (χ4v) is 5.77. The second-order valence-corrected chi connectivity index (χ2v) is 11.5. The SMILES string of the molecule is CNC(=O)CCCN1C(=O)C2C(C)C=CC(CO[C@@H]3OC(C)[C@H](O)C(O)C3O)C2C1=O.CNC(=O)CCCN1C(=O)C=CC1=O. The number of ether oxygens (including phenoxy) is 2. The summed E-state index contributed by atoms with van der Waals surface area (Å²) in [5.74, 6) is -2.98. The van der Waals surface area contributed by atoms with E-state index >= 15 is 0 Å². The van der Waals surface area contributed by atoms with Crippen LogP contribution in [-0.2, 0) is 38.2 Å². The van der Waals surface area contributed by atoms with Crippen LogP contribution in [0.2, 0.25) is 0 Å². The van der Waals surface area contributed by atoms with Crippen LogP contribution in [0.15, 0.2) is 24.3 Å². The molecule has 15 nitrogen and oxygen atoms in total. The number of allylic oxidation sites excluding steroid dienone is 1. The van der Waals surface area contributed by atoms with Gasteiger partial charge in [0, 0.05) is 58.1 Å². The van der Waals surface area contributed by atoms with Crippen LogP contribution in [0.4, 0.5) is 0 Å². The van der Waals surface area contributed by atoms with Crippen molar-refractivity contribution in [2.24, 2.45) is 23.7 Å². The molecule has 0 saturated carbocycles. The quantitative estimate of drug-likeness (QED) is 0.126. The fourth-order valence-electron chi connectivity index (χ4n) is 5.77. The number of likely N-dealkylation sites (tertiary alicyclic amines) is 1. The van der Waals surface area contributed by atoms with Crippen LogP contribution >= 0.6 is 0 Å². The van der Waals surface area contributed by atoms with Crippen molar-refractivity contribution in [2.45, 2.75) is 70.2 Å². The van der Waals surface area contributed by atoms with Gasteiger partial charge in [-0.25, -0.2) is 0 Å². The van der Waals surface area contributed by atoms with Gasteiger partial charge in [-0.15, -0.1) is 0 Å². The number of hydrogen-bond donors (Lipinski definition) is 5. The van der Waals surface area contributed by atoms with E-state index in [-0.39, 0.29) is 60.9 Å². The van der Waals surface area contributed by atoms with Gasteiger partial charge >= 0.3 is 0 Å². The van der Waals surface area contributed by atoms with Gasteiger partial charge in [0.1, 0.15) is 18.3 Å². The van der Waals surface area contributed by atoms with Gasteiger partial charge in [-0.3, -0.25) is 38.6 Å². The Bertz CT molecular complexity index is 1170. The standard InChI is InChI=1S/C21H32N2O8.C9H12N2O3/c1-10-6-7-12(9-30-21-18(27)17(26)16(25)11(2)31-21)15-14(10)19(28)23(20(15)29)8-4-5-13(24)22-3;1-10-7(12)3-2-6-11-8(13)4-5-9(11)14/h6-7,10-12,14-18,21,25-27H,4-5,8-9H2,1-3H3,(H,22,24);4-5H,2-3,6H2,1H3,(H,10,12)/t10?,11?,12?,14?,15?,16-,17?,18?,21+;/m0./s1. The van der Waals surface area contributed by atoms with Gasteiger partial charge in [-0.05, 0) is 25.7 Å². The average molecular weight is 637 g/mol. The zero-order valence-electron chi connectivity index (χ0n) is 26.0. The molecule has 3 aliphatic heterocycles. The van der Waals surface area contributed by atoms with E-state index in [1.807, 2.05) is 19.1 Å². The number of carbonyl (C=O) groups is 6. The molecule has 1 aliphatic carbocycles. The molecule has 6 amide bonds. The Morgan fingerprint density at radius 3 is 1.89 bits per heavy atom. The summed E-state index contributed by atoms with van der Waals surface area (Å²) in [6.45, 7) is 3.94. The fraction of sp³-hybridized carbons (Fsp3) is 0.667. The van der Waals surface area contributed by atoms with Crippen LogP contribution < -0.4 is 10.6 Å². The molecule has 4 aliphatic rings. The Morgan fingerprint density at radius 2 is 1.33 bits per heavy atom. The third-order valence-corrected chi connectivity index (χ3v) is 8.47. The minimum Gasteiger partial charge on any atom is -0.388 e. The van der Waals surface area contributed by atoms with Crippen LogP contribution in [0.5, 0.6) is 0 Å². The molecule has 4 rings (SSSR count). The lowest BCUT2D eigenvalue weighted by atomic mass is 9.72. The van der Waals surface area contributed by atoms with Crippen molar-refractivity contribution < 1.29 is 53.6 Å². The second-order valence-electron chi connectivity index (χ2n) is 11.5. The lowest BCUT2D eigenvalue weighted by Crippen LogP contribution is -2.57. The molecule has 2 saturated heterocycles. The van der Waals surface area contributed by atoms with Crippen LogP contribution in [0.1, 0.15) is 39.5 Å². The number of nitrogens with zero attached hydrogens (tertiary/aromatic N) is 2. The maximum Gasteiger partial charge on any atom is 0.253 e. The highest BCUT2D eigenvalue weighted by Gasteiger charge is 2.53. The predicted molar refractivity (Wildman–Crippen MR) is 156 cm³/mol. The third-order valence-electron chi connectivity index (χ3n) is 8.47. The molecule has 0 aromatic heterocycles. The van der Waals surface area contributed by atoms with Crippen molar-refractivity contribution in [1.29, 1.82) is 0 Å². The van der Waals surface area contributed by atoms with Crippen molar-refractivity contribution in [1.82, 2.24) is 20.4 Å². The maximum absolute atomic E-state index is 13.1. The molecule has 250 valence electrons. The summed E-state index contributed by atoms with van der Waals surface area (Å²) in [4.78, 5) is 72.7. The summed E-state index contributed by atoms with van der Waals surface area (Å²) in [6, 6.07) is 0. The molecular weight excluding hydrogens is 592 g/mol. The highest BCUT2D eigenvalue weighted by atomic mass is 16.7.